The second kappa shape index (κ2) is 8.64. The molecule has 1 spiro atoms. The molecule has 178 valence electrons. The maximum Gasteiger partial charge on any atom is 0.270 e. The summed E-state index contributed by atoms with van der Waals surface area (Å²) in [6, 6.07) is 19.8. The summed E-state index contributed by atoms with van der Waals surface area (Å²) in [7, 11) is 1.96. The maximum atomic E-state index is 13.3. The van der Waals surface area contributed by atoms with Crippen molar-refractivity contribution in [2.24, 2.45) is 12.5 Å². The molecular weight excluding hydrogens is 456 g/mol. The van der Waals surface area contributed by atoms with Crippen LogP contribution in [0.5, 0.6) is 0 Å². The number of nitrogens with zero attached hydrogens (tertiary/aromatic N) is 4. The van der Waals surface area contributed by atoms with E-state index in [9.17, 15) is 9.59 Å². The lowest BCUT2D eigenvalue weighted by Crippen LogP contribution is -2.45. The van der Waals surface area contributed by atoms with Gasteiger partial charge in [-0.1, -0.05) is 24.3 Å². The predicted molar refractivity (Wildman–Crippen MR) is 139 cm³/mol. The second-order valence-electron chi connectivity index (χ2n) is 9.80. The van der Waals surface area contributed by atoms with E-state index < -0.39 is 0 Å². The first-order valence-electron chi connectivity index (χ1n) is 12.2. The summed E-state index contributed by atoms with van der Waals surface area (Å²) < 4.78 is 2.00. The van der Waals surface area contributed by atoms with E-state index in [0.29, 0.717) is 0 Å². The van der Waals surface area contributed by atoms with Crippen molar-refractivity contribution in [2.45, 2.75) is 19.3 Å². The van der Waals surface area contributed by atoms with Crippen LogP contribution in [-0.2, 0) is 7.05 Å². The zero-order chi connectivity index (χ0) is 24.0. The van der Waals surface area contributed by atoms with Gasteiger partial charge < -0.3 is 14.4 Å². The van der Waals surface area contributed by atoms with Gasteiger partial charge in [-0.15, -0.1) is 11.3 Å². The van der Waals surface area contributed by atoms with Gasteiger partial charge in [0.25, 0.3) is 11.8 Å². The van der Waals surface area contributed by atoms with Gasteiger partial charge in [0.1, 0.15) is 5.69 Å². The molecule has 0 aliphatic carbocycles. The van der Waals surface area contributed by atoms with Crippen molar-refractivity contribution in [3.63, 3.8) is 0 Å². The highest BCUT2D eigenvalue weighted by Gasteiger charge is 2.43. The number of thiophene rings is 1. The molecule has 7 heteroatoms. The van der Waals surface area contributed by atoms with Crippen molar-refractivity contribution in [3.05, 3.63) is 77.4 Å². The first kappa shape index (κ1) is 22.0. The molecule has 2 saturated heterocycles. The van der Waals surface area contributed by atoms with Gasteiger partial charge in [-0.2, -0.15) is 0 Å². The minimum absolute atomic E-state index is 0.102. The number of aromatic nitrogens is 2. The summed E-state index contributed by atoms with van der Waals surface area (Å²) in [6.07, 6.45) is 4.66. The number of carbonyl (C=O) groups excluding carboxylic acids is 2. The van der Waals surface area contributed by atoms with Crippen LogP contribution < -0.4 is 0 Å². The molecule has 0 bridgehead atoms. The maximum absolute atomic E-state index is 13.3. The standard InChI is InChI=1S/C28H28N4O2S/c1-30-22-8-3-2-6-20(22)18-23(30)26(33)31-15-11-28(12-16-31)13-17-32(19-28)27(34)25-10-9-24(35-25)21-7-4-5-14-29-21/h2-10,14,18H,11-13,15-17,19H2,1H3. The minimum atomic E-state index is 0.102. The van der Waals surface area contributed by atoms with Crippen LogP contribution in [0.25, 0.3) is 21.5 Å². The summed E-state index contributed by atoms with van der Waals surface area (Å²) in [6.45, 7) is 3.04. The largest absolute Gasteiger partial charge is 0.340 e. The van der Waals surface area contributed by atoms with Crippen LogP contribution in [0.15, 0.2) is 66.9 Å². The van der Waals surface area contributed by atoms with Gasteiger partial charge in [-0.05, 0) is 61.1 Å². The molecule has 2 fully saturated rings. The van der Waals surface area contributed by atoms with Crippen LogP contribution in [0.1, 0.15) is 39.4 Å². The van der Waals surface area contributed by atoms with E-state index in [4.69, 9.17) is 0 Å². The van der Waals surface area contributed by atoms with Gasteiger partial charge in [-0.3, -0.25) is 14.6 Å². The van der Waals surface area contributed by atoms with E-state index >= 15 is 0 Å². The van der Waals surface area contributed by atoms with Crippen LogP contribution >= 0.6 is 11.3 Å². The van der Waals surface area contributed by atoms with E-state index in [0.717, 1.165) is 77.5 Å². The molecule has 2 aliphatic rings. The molecule has 0 saturated carbocycles. The van der Waals surface area contributed by atoms with E-state index in [1.165, 1.54) is 11.3 Å². The molecule has 6 rings (SSSR count). The Labute approximate surface area is 208 Å². The van der Waals surface area contributed by atoms with Crippen molar-refractivity contribution >= 4 is 34.1 Å². The highest BCUT2D eigenvalue weighted by molar-refractivity contribution is 7.17. The number of carbonyl (C=O) groups is 2. The monoisotopic (exact) mass is 484 g/mol. The van der Waals surface area contributed by atoms with Crippen LogP contribution in [-0.4, -0.2) is 57.3 Å². The van der Waals surface area contributed by atoms with Crippen molar-refractivity contribution in [2.75, 3.05) is 26.2 Å². The number of pyridine rings is 1. The van der Waals surface area contributed by atoms with E-state index in [1.807, 2.05) is 82.1 Å². The third-order valence-electron chi connectivity index (χ3n) is 7.74. The molecule has 0 N–H and O–H groups in total. The van der Waals surface area contributed by atoms with Gasteiger partial charge in [0.15, 0.2) is 0 Å². The first-order chi connectivity index (χ1) is 17.0. The highest BCUT2D eigenvalue weighted by atomic mass is 32.1. The number of piperidine rings is 1. The Bertz CT molecular complexity index is 1400. The Morgan fingerprint density at radius 2 is 1.63 bits per heavy atom. The lowest BCUT2D eigenvalue weighted by Gasteiger charge is -2.39. The minimum Gasteiger partial charge on any atom is -0.340 e. The Morgan fingerprint density at radius 3 is 2.37 bits per heavy atom. The smallest absolute Gasteiger partial charge is 0.270 e. The van der Waals surface area contributed by atoms with Gasteiger partial charge in [-0.25, -0.2) is 0 Å². The summed E-state index contributed by atoms with van der Waals surface area (Å²) in [5, 5.41) is 1.09. The number of hydrogen-bond donors (Lipinski definition) is 0. The number of amides is 2. The fourth-order valence-corrected chi connectivity index (χ4v) is 6.56. The van der Waals surface area contributed by atoms with Crippen LogP contribution in [0.2, 0.25) is 0 Å². The highest BCUT2D eigenvalue weighted by Crippen LogP contribution is 2.41. The molecule has 35 heavy (non-hydrogen) atoms. The molecule has 3 aromatic heterocycles. The number of para-hydroxylation sites is 1. The summed E-state index contributed by atoms with van der Waals surface area (Å²) in [5.41, 5.74) is 2.84. The zero-order valence-electron chi connectivity index (χ0n) is 19.8. The summed E-state index contributed by atoms with van der Waals surface area (Å²) in [5.74, 6) is 0.216. The third kappa shape index (κ3) is 3.93. The van der Waals surface area contributed by atoms with Gasteiger partial charge in [0.2, 0.25) is 0 Å². The van der Waals surface area contributed by atoms with E-state index in [-0.39, 0.29) is 17.2 Å². The van der Waals surface area contributed by atoms with Crippen LogP contribution in [0, 0.1) is 5.41 Å². The van der Waals surface area contributed by atoms with Crippen LogP contribution in [0.4, 0.5) is 0 Å². The fourth-order valence-electron chi connectivity index (χ4n) is 5.61. The third-order valence-corrected chi connectivity index (χ3v) is 8.84. The Balaban J connectivity index is 1.10. The van der Waals surface area contributed by atoms with Crippen molar-refractivity contribution in [1.29, 1.82) is 0 Å². The van der Waals surface area contributed by atoms with Gasteiger partial charge >= 0.3 is 0 Å². The van der Waals surface area contributed by atoms with Crippen molar-refractivity contribution < 1.29 is 9.59 Å². The molecule has 2 amide bonds. The molecule has 0 unspecified atom stereocenters. The number of hydrogen-bond acceptors (Lipinski definition) is 4. The topological polar surface area (TPSA) is 58.4 Å². The molecular formula is C28H28N4O2S. The Hall–Kier alpha value is -3.45. The molecule has 4 aromatic rings. The van der Waals surface area contributed by atoms with Gasteiger partial charge in [0.05, 0.1) is 15.4 Å². The van der Waals surface area contributed by atoms with Crippen molar-refractivity contribution in [1.82, 2.24) is 19.4 Å². The molecule has 6 nitrogen and oxygen atoms in total. The average molecular weight is 485 g/mol. The Kier molecular flexibility index (Phi) is 5.44. The Morgan fingerprint density at radius 1 is 0.886 bits per heavy atom. The number of likely N-dealkylation sites (tertiary alicyclic amines) is 2. The molecule has 1 aromatic carbocycles. The van der Waals surface area contributed by atoms with E-state index in [2.05, 4.69) is 4.98 Å². The number of fused-ring (bicyclic) bond motifs is 1. The molecule has 5 heterocycles. The number of benzene rings is 1. The summed E-state index contributed by atoms with van der Waals surface area (Å²) in [4.78, 5) is 36.7. The quantitative estimate of drug-likeness (QED) is 0.408. The normalized spacial score (nSPS) is 17.4. The fraction of sp³-hybridized carbons (Fsp3) is 0.321. The predicted octanol–water partition coefficient (Wildman–Crippen LogP) is 5.07. The lowest BCUT2D eigenvalue weighted by atomic mass is 9.77. The SMILES string of the molecule is Cn1c(C(=O)N2CCC3(CCN(C(=O)c4ccc(-c5ccccn5)s4)C3)CC2)cc2ccccc21. The van der Waals surface area contributed by atoms with E-state index in [1.54, 1.807) is 6.20 Å². The second-order valence-corrected chi connectivity index (χ2v) is 10.9. The number of aryl methyl sites for hydroxylation is 1. The zero-order valence-corrected chi connectivity index (χ0v) is 20.6. The number of rotatable bonds is 3. The average Bonchev–Trinajstić information content (AvgIpc) is 3.63. The lowest BCUT2D eigenvalue weighted by molar-refractivity contribution is 0.0559. The summed E-state index contributed by atoms with van der Waals surface area (Å²) >= 11 is 1.51. The molecule has 0 radical (unpaired) electrons. The molecule has 0 atom stereocenters. The van der Waals surface area contributed by atoms with Gasteiger partial charge in [0, 0.05) is 50.3 Å². The van der Waals surface area contributed by atoms with Crippen molar-refractivity contribution in [3.8, 4) is 10.6 Å². The van der Waals surface area contributed by atoms with Crippen LogP contribution in [0.3, 0.4) is 0 Å². The molecule has 2 aliphatic heterocycles. The first-order valence-corrected chi connectivity index (χ1v) is 13.0.